The van der Waals surface area contributed by atoms with Gasteiger partial charge in [-0.15, -0.1) is 0 Å². The molecule has 1 unspecified atom stereocenters. The molecule has 4 rings (SSSR count). The molecule has 6 nitrogen and oxygen atoms in total. The molecule has 1 atom stereocenters. The molecule has 0 spiro atoms. The van der Waals surface area contributed by atoms with Crippen LogP contribution in [0.4, 0.5) is 0 Å². The highest BCUT2D eigenvalue weighted by Gasteiger charge is 2.10. The molecule has 0 aliphatic heterocycles. The predicted molar refractivity (Wildman–Crippen MR) is 112 cm³/mol. The van der Waals surface area contributed by atoms with Gasteiger partial charge in [-0.2, -0.15) is 0 Å². The first-order valence-electron chi connectivity index (χ1n) is 9.29. The van der Waals surface area contributed by atoms with E-state index in [-0.39, 0.29) is 11.7 Å². The molecule has 4 aromatic rings. The minimum Gasteiger partial charge on any atom is -0.305 e. The van der Waals surface area contributed by atoms with E-state index in [9.17, 15) is 4.79 Å². The van der Waals surface area contributed by atoms with Crippen molar-refractivity contribution in [2.24, 2.45) is 0 Å². The number of fused-ring (bicyclic) bond motifs is 1. The third kappa shape index (κ3) is 3.46. The van der Waals surface area contributed by atoms with E-state index in [1.807, 2.05) is 57.0 Å². The van der Waals surface area contributed by atoms with Gasteiger partial charge in [-0.25, -0.2) is 14.8 Å². The van der Waals surface area contributed by atoms with Crippen molar-refractivity contribution in [3.8, 4) is 16.8 Å². The first-order valence-corrected chi connectivity index (χ1v) is 9.29. The highest BCUT2D eigenvalue weighted by atomic mass is 16.1. The molecule has 0 radical (unpaired) electrons. The Morgan fingerprint density at radius 3 is 2.57 bits per heavy atom. The number of benzene rings is 2. The van der Waals surface area contributed by atoms with Crippen molar-refractivity contribution in [2.45, 2.75) is 19.5 Å². The summed E-state index contributed by atoms with van der Waals surface area (Å²) in [5.41, 5.74) is 4.68. The van der Waals surface area contributed by atoms with E-state index >= 15 is 0 Å². The number of rotatable bonds is 5. The minimum absolute atomic E-state index is 0.230. The third-order valence-corrected chi connectivity index (χ3v) is 5.11. The minimum atomic E-state index is -0.230. The summed E-state index contributed by atoms with van der Waals surface area (Å²) in [6, 6.07) is 16.5. The lowest BCUT2D eigenvalue weighted by Gasteiger charge is -2.20. The number of likely N-dealkylation sites (N-methyl/N-ethyl adjacent to an activating group) is 1. The zero-order chi connectivity index (χ0) is 19.7. The van der Waals surface area contributed by atoms with Crippen molar-refractivity contribution >= 4 is 11.0 Å². The van der Waals surface area contributed by atoms with E-state index in [1.165, 1.54) is 0 Å². The Labute approximate surface area is 163 Å². The molecule has 0 aliphatic rings. The molecule has 142 valence electrons. The number of imidazole rings is 1. The Morgan fingerprint density at radius 2 is 1.82 bits per heavy atom. The highest BCUT2D eigenvalue weighted by Crippen LogP contribution is 2.24. The van der Waals surface area contributed by atoms with Crippen LogP contribution in [0.2, 0.25) is 0 Å². The lowest BCUT2D eigenvalue weighted by atomic mass is 10.1. The number of para-hydroxylation sites is 1. The lowest BCUT2D eigenvalue weighted by molar-refractivity contribution is 0.280. The van der Waals surface area contributed by atoms with Gasteiger partial charge in [0.2, 0.25) is 0 Å². The maximum Gasteiger partial charge on any atom is 0.347 e. The van der Waals surface area contributed by atoms with Crippen LogP contribution >= 0.6 is 0 Å². The van der Waals surface area contributed by atoms with Gasteiger partial charge >= 0.3 is 5.69 Å². The average molecular weight is 373 g/mol. The molecule has 0 amide bonds. The second-order valence-electron chi connectivity index (χ2n) is 7.24. The Kier molecular flexibility index (Phi) is 4.79. The van der Waals surface area contributed by atoms with Crippen molar-refractivity contribution in [1.82, 2.24) is 24.0 Å². The van der Waals surface area contributed by atoms with Gasteiger partial charge in [-0.3, -0.25) is 9.13 Å². The average Bonchev–Trinajstić information content (AvgIpc) is 3.13. The van der Waals surface area contributed by atoms with E-state index in [0.29, 0.717) is 6.54 Å². The third-order valence-electron chi connectivity index (χ3n) is 5.11. The van der Waals surface area contributed by atoms with E-state index in [1.54, 1.807) is 10.8 Å². The number of hydrogen-bond donors (Lipinski definition) is 0. The molecule has 0 saturated heterocycles. The van der Waals surface area contributed by atoms with Crippen molar-refractivity contribution in [1.29, 1.82) is 0 Å². The number of aromatic nitrogens is 4. The van der Waals surface area contributed by atoms with Gasteiger partial charge in [0.05, 0.1) is 11.0 Å². The van der Waals surface area contributed by atoms with Crippen molar-refractivity contribution in [2.75, 3.05) is 14.1 Å². The summed E-state index contributed by atoms with van der Waals surface area (Å²) in [6.07, 6.45) is 5.35. The van der Waals surface area contributed by atoms with Crippen LogP contribution in [0.25, 0.3) is 27.8 Å². The summed E-state index contributed by atoms with van der Waals surface area (Å²) in [5, 5.41) is 0. The maximum absolute atomic E-state index is 12.2. The molecule has 28 heavy (non-hydrogen) atoms. The topological polar surface area (TPSA) is 56.0 Å². The van der Waals surface area contributed by atoms with Crippen molar-refractivity contribution in [3.63, 3.8) is 0 Å². The molecule has 2 heterocycles. The van der Waals surface area contributed by atoms with Crippen LogP contribution < -0.4 is 5.69 Å². The number of nitrogens with zero attached hydrogens (tertiary/aromatic N) is 5. The van der Waals surface area contributed by atoms with Crippen LogP contribution in [0.1, 0.15) is 6.92 Å². The first-order chi connectivity index (χ1) is 13.5. The molecule has 6 heteroatoms. The van der Waals surface area contributed by atoms with Crippen LogP contribution in [0.3, 0.4) is 0 Å². The lowest BCUT2D eigenvalue weighted by Crippen LogP contribution is -2.34. The number of hydrogen-bond acceptors (Lipinski definition) is 4. The standard InChI is InChI=1S/C22H23N5O/c1-16(25(2)3)13-26-14-18(12-23-22(26)28)17-9-10-21-20(11-17)24-15-27(21)19-7-5-4-6-8-19/h4-12,14-16H,13H2,1-3H3. The smallest absolute Gasteiger partial charge is 0.305 e. The Balaban J connectivity index is 1.71. The van der Waals surface area contributed by atoms with Crippen molar-refractivity contribution < 1.29 is 0 Å². The fraction of sp³-hybridized carbons (Fsp3) is 0.227. The Hall–Kier alpha value is -3.25. The van der Waals surface area contributed by atoms with Gasteiger partial charge in [0, 0.05) is 36.2 Å². The molecule has 0 bridgehead atoms. The van der Waals surface area contributed by atoms with Crippen LogP contribution in [0, 0.1) is 0 Å². The van der Waals surface area contributed by atoms with Crippen LogP contribution in [-0.4, -0.2) is 44.1 Å². The zero-order valence-electron chi connectivity index (χ0n) is 16.3. The summed E-state index contributed by atoms with van der Waals surface area (Å²) in [4.78, 5) is 22.9. The predicted octanol–water partition coefficient (Wildman–Crippen LogP) is 3.20. The Morgan fingerprint density at radius 1 is 1.04 bits per heavy atom. The van der Waals surface area contributed by atoms with Gasteiger partial charge in [-0.1, -0.05) is 24.3 Å². The fourth-order valence-corrected chi connectivity index (χ4v) is 3.17. The summed E-state index contributed by atoms with van der Waals surface area (Å²) < 4.78 is 3.74. The molecular weight excluding hydrogens is 350 g/mol. The fourth-order valence-electron chi connectivity index (χ4n) is 3.17. The summed E-state index contributed by atoms with van der Waals surface area (Å²) in [6.45, 7) is 2.68. The molecule has 2 aromatic carbocycles. The quantitative estimate of drug-likeness (QED) is 0.539. The van der Waals surface area contributed by atoms with Gasteiger partial charge in [0.25, 0.3) is 0 Å². The van der Waals surface area contributed by atoms with Crippen LogP contribution in [0.5, 0.6) is 0 Å². The van der Waals surface area contributed by atoms with Crippen LogP contribution in [0.15, 0.2) is 72.0 Å². The van der Waals surface area contributed by atoms with Crippen LogP contribution in [-0.2, 0) is 6.54 Å². The molecule has 2 aromatic heterocycles. The molecule has 0 fully saturated rings. The summed E-state index contributed by atoms with van der Waals surface area (Å²) in [5.74, 6) is 0. The molecule has 0 aliphatic carbocycles. The first kappa shape index (κ1) is 18.1. The molecule has 0 saturated carbocycles. The van der Waals surface area contributed by atoms with E-state index in [2.05, 4.69) is 44.6 Å². The monoisotopic (exact) mass is 373 g/mol. The van der Waals surface area contributed by atoms with Gasteiger partial charge in [0.15, 0.2) is 0 Å². The van der Waals surface area contributed by atoms with Gasteiger partial charge in [-0.05, 0) is 50.8 Å². The maximum atomic E-state index is 12.2. The van der Waals surface area contributed by atoms with E-state index < -0.39 is 0 Å². The van der Waals surface area contributed by atoms with E-state index in [0.717, 1.165) is 27.8 Å². The van der Waals surface area contributed by atoms with E-state index in [4.69, 9.17) is 0 Å². The summed E-state index contributed by atoms with van der Waals surface area (Å²) in [7, 11) is 4.01. The zero-order valence-corrected chi connectivity index (χ0v) is 16.3. The SMILES string of the molecule is CC(Cn1cc(-c2ccc3c(c2)ncn3-c2ccccc2)cnc1=O)N(C)C. The molecular formula is C22H23N5O. The van der Waals surface area contributed by atoms with Gasteiger partial charge < -0.3 is 4.90 Å². The molecule has 0 N–H and O–H groups in total. The summed E-state index contributed by atoms with van der Waals surface area (Å²) >= 11 is 0. The van der Waals surface area contributed by atoms with Crippen molar-refractivity contribution in [3.05, 3.63) is 77.7 Å². The largest absolute Gasteiger partial charge is 0.347 e. The highest BCUT2D eigenvalue weighted by molar-refractivity contribution is 5.83. The Bertz CT molecular complexity index is 1160. The second kappa shape index (κ2) is 7.40. The van der Waals surface area contributed by atoms with Gasteiger partial charge in [0.1, 0.15) is 6.33 Å². The second-order valence-corrected chi connectivity index (χ2v) is 7.24. The normalized spacial score (nSPS) is 12.6.